The van der Waals surface area contributed by atoms with Crippen LogP contribution in [-0.2, 0) is 4.79 Å². The summed E-state index contributed by atoms with van der Waals surface area (Å²) in [5.41, 5.74) is 8.84. The third-order valence-electron chi connectivity index (χ3n) is 4.98. The van der Waals surface area contributed by atoms with Crippen LogP contribution in [0.2, 0.25) is 0 Å². The summed E-state index contributed by atoms with van der Waals surface area (Å²) in [4.78, 5) is 21.4. The van der Waals surface area contributed by atoms with Crippen LogP contribution in [0.5, 0.6) is 0 Å². The summed E-state index contributed by atoms with van der Waals surface area (Å²) in [5, 5.41) is 5.09. The third-order valence-corrected chi connectivity index (χ3v) is 5.89. The summed E-state index contributed by atoms with van der Waals surface area (Å²) in [6, 6.07) is 20.3. The van der Waals surface area contributed by atoms with Crippen molar-refractivity contribution in [3.63, 3.8) is 0 Å². The first kappa shape index (κ1) is 17.0. The van der Waals surface area contributed by atoms with Crippen LogP contribution in [0.25, 0.3) is 17.0 Å². The van der Waals surface area contributed by atoms with Gasteiger partial charge in [0.25, 0.3) is 5.91 Å². The Balaban J connectivity index is 1.28. The molecule has 1 aliphatic carbocycles. The Bertz CT molecular complexity index is 1140. The van der Waals surface area contributed by atoms with Crippen LogP contribution < -0.4 is 11.1 Å². The van der Waals surface area contributed by atoms with Crippen LogP contribution in [0.15, 0.2) is 70.6 Å². The Morgan fingerprint density at radius 2 is 1.96 bits per heavy atom. The average molecular weight is 386 g/mol. The Morgan fingerprint density at radius 3 is 2.82 bits per heavy atom. The summed E-state index contributed by atoms with van der Waals surface area (Å²) in [6.07, 6.45) is 2.94. The number of nitrogen functional groups attached to an aromatic ring is 1. The highest BCUT2D eigenvalue weighted by molar-refractivity contribution is 8.18. The SMILES string of the molecule is Nc1ccc2cc(/C=C3\SC(N[C@@H]4C[C@H]4c4ccccc4)=NC3=O)ccc2n1. The molecule has 1 aromatic heterocycles. The molecule has 0 radical (unpaired) electrons. The van der Waals surface area contributed by atoms with Gasteiger partial charge in [-0.05, 0) is 59.7 Å². The van der Waals surface area contributed by atoms with E-state index in [-0.39, 0.29) is 5.91 Å². The van der Waals surface area contributed by atoms with Crippen molar-refractivity contribution in [2.24, 2.45) is 4.99 Å². The molecule has 1 aliphatic heterocycles. The number of aromatic nitrogens is 1. The quantitative estimate of drug-likeness (QED) is 0.667. The number of amides is 1. The van der Waals surface area contributed by atoms with Gasteiger partial charge in [-0.3, -0.25) is 4.79 Å². The van der Waals surface area contributed by atoms with E-state index in [1.54, 1.807) is 6.07 Å². The van der Waals surface area contributed by atoms with Gasteiger partial charge in [0.2, 0.25) is 0 Å². The highest BCUT2D eigenvalue weighted by atomic mass is 32.2. The third kappa shape index (κ3) is 3.39. The van der Waals surface area contributed by atoms with E-state index >= 15 is 0 Å². The minimum absolute atomic E-state index is 0.195. The molecule has 6 heteroatoms. The number of amidine groups is 1. The fourth-order valence-corrected chi connectivity index (χ4v) is 4.33. The number of hydrogen-bond donors (Lipinski definition) is 2. The molecule has 138 valence electrons. The lowest BCUT2D eigenvalue weighted by atomic mass is 10.1. The number of hydrogen-bond acceptors (Lipinski definition) is 5. The van der Waals surface area contributed by atoms with Gasteiger partial charge >= 0.3 is 0 Å². The first-order valence-electron chi connectivity index (χ1n) is 9.16. The normalized spacial score (nSPS) is 22.5. The molecule has 0 unspecified atom stereocenters. The predicted octanol–water partition coefficient (Wildman–Crippen LogP) is 3.93. The summed E-state index contributed by atoms with van der Waals surface area (Å²) in [7, 11) is 0. The highest BCUT2D eigenvalue weighted by Gasteiger charge is 2.40. The minimum Gasteiger partial charge on any atom is -0.384 e. The van der Waals surface area contributed by atoms with Crippen molar-refractivity contribution in [3.8, 4) is 0 Å². The molecular weight excluding hydrogens is 368 g/mol. The van der Waals surface area contributed by atoms with E-state index in [1.807, 2.05) is 36.4 Å². The fourth-order valence-electron chi connectivity index (χ4n) is 3.45. The summed E-state index contributed by atoms with van der Waals surface area (Å²) in [6.45, 7) is 0. The molecule has 0 saturated heterocycles. The molecule has 3 N–H and O–H groups in total. The maximum absolute atomic E-state index is 12.3. The van der Waals surface area contributed by atoms with Crippen LogP contribution >= 0.6 is 11.8 Å². The molecule has 3 aromatic rings. The van der Waals surface area contributed by atoms with Gasteiger partial charge in [-0.2, -0.15) is 4.99 Å². The van der Waals surface area contributed by atoms with Gasteiger partial charge in [0.05, 0.1) is 10.4 Å². The van der Waals surface area contributed by atoms with E-state index in [2.05, 4.69) is 39.6 Å². The number of anilines is 1. The van der Waals surface area contributed by atoms with E-state index in [1.165, 1.54) is 17.3 Å². The van der Waals surface area contributed by atoms with Gasteiger partial charge in [-0.1, -0.05) is 36.4 Å². The number of benzene rings is 2. The lowest BCUT2D eigenvalue weighted by molar-refractivity contribution is -0.113. The molecule has 2 atom stereocenters. The van der Waals surface area contributed by atoms with Gasteiger partial charge < -0.3 is 11.1 Å². The number of pyridine rings is 1. The molecule has 28 heavy (non-hydrogen) atoms. The summed E-state index contributed by atoms with van der Waals surface area (Å²) in [5.74, 6) is 0.797. The lowest BCUT2D eigenvalue weighted by Crippen LogP contribution is -2.22. The van der Waals surface area contributed by atoms with Crippen molar-refractivity contribution < 1.29 is 4.79 Å². The Kier molecular flexibility index (Phi) is 4.13. The van der Waals surface area contributed by atoms with Crippen molar-refractivity contribution in [2.75, 3.05) is 5.73 Å². The lowest BCUT2D eigenvalue weighted by Gasteiger charge is -2.04. The smallest absolute Gasteiger partial charge is 0.286 e. The average Bonchev–Trinajstić information content (AvgIpc) is 3.38. The van der Waals surface area contributed by atoms with Gasteiger partial charge in [-0.25, -0.2) is 4.98 Å². The van der Waals surface area contributed by atoms with Crippen LogP contribution in [0, 0.1) is 0 Å². The number of nitrogens with two attached hydrogens (primary N) is 1. The van der Waals surface area contributed by atoms with Crippen LogP contribution in [0.1, 0.15) is 23.5 Å². The van der Waals surface area contributed by atoms with E-state index in [4.69, 9.17) is 5.73 Å². The monoisotopic (exact) mass is 386 g/mol. The first-order valence-corrected chi connectivity index (χ1v) is 9.98. The van der Waals surface area contributed by atoms with E-state index in [9.17, 15) is 4.79 Å². The zero-order valence-electron chi connectivity index (χ0n) is 15.0. The van der Waals surface area contributed by atoms with Crippen LogP contribution in [-0.4, -0.2) is 22.1 Å². The largest absolute Gasteiger partial charge is 0.384 e. The number of carbonyl (C=O) groups is 1. The standard InChI is InChI=1S/C22H18N4OS/c23-20-9-7-15-10-13(6-8-17(15)24-20)11-19-21(27)26-22(28-19)25-18-12-16(18)14-4-2-1-3-5-14/h1-11,16,18H,12H2,(H2,23,24)(H,25,26,27)/b19-11-/t16-,18+/m0/s1. The van der Waals surface area contributed by atoms with Gasteiger partial charge in [-0.15, -0.1) is 0 Å². The number of rotatable bonds is 3. The van der Waals surface area contributed by atoms with Crippen molar-refractivity contribution in [2.45, 2.75) is 18.4 Å². The molecule has 5 nitrogen and oxygen atoms in total. The second kappa shape index (κ2) is 6.80. The number of aliphatic imine (C=N–C) groups is 1. The van der Waals surface area contributed by atoms with Gasteiger partial charge in [0.15, 0.2) is 5.17 Å². The van der Waals surface area contributed by atoms with Gasteiger partial charge in [0.1, 0.15) is 5.82 Å². The molecule has 1 amide bonds. The van der Waals surface area contributed by atoms with Crippen molar-refractivity contribution in [3.05, 3.63) is 76.7 Å². The number of carbonyl (C=O) groups excluding carboxylic acids is 1. The molecule has 2 aliphatic rings. The van der Waals surface area contributed by atoms with Crippen LogP contribution in [0.3, 0.4) is 0 Å². The maximum Gasteiger partial charge on any atom is 0.286 e. The topological polar surface area (TPSA) is 80.4 Å². The predicted molar refractivity (Wildman–Crippen MR) is 115 cm³/mol. The van der Waals surface area contributed by atoms with Crippen molar-refractivity contribution in [1.82, 2.24) is 10.3 Å². The molecule has 0 bridgehead atoms. The Hall–Kier alpha value is -3.12. The number of fused-ring (bicyclic) bond motifs is 1. The zero-order chi connectivity index (χ0) is 19.1. The second-order valence-corrected chi connectivity index (χ2v) is 8.06. The van der Waals surface area contributed by atoms with E-state index in [0.717, 1.165) is 22.9 Å². The molecule has 1 saturated carbocycles. The van der Waals surface area contributed by atoms with Crippen molar-refractivity contribution in [1.29, 1.82) is 0 Å². The molecule has 2 aromatic carbocycles. The number of nitrogens with one attached hydrogen (secondary N) is 1. The molecule has 1 fully saturated rings. The number of thioether (sulfide) groups is 1. The summed E-state index contributed by atoms with van der Waals surface area (Å²) < 4.78 is 0. The molecular formula is C22H18N4OS. The summed E-state index contributed by atoms with van der Waals surface area (Å²) >= 11 is 1.40. The van der Waals surface area contributed by atoms with Crippen molar-refractivity contribution >= 4 is 45.6 Å². The number of nitrogens with zero attached hydrogens (tertiary/aromatic N) is 2. The molecule has 2 heterocycles. The van der Waals surface area contributed by atoms with Gasteiger partial charge in [0, 0.05) is 17.3 Å². The van der Waals surface area contributed by atoms with E-state index < -0.39 is 0 Å². The highest BCUT2D eigenvalue weighted by Crippen LogP contribution is 2.41. The minimum atomic E-state index is -0.195. The Labute approximate surface area is 166 Å². The first-order chi connectivity index (χ1) is 13.7. The molecule has 5 rings (SSSR count). The van der Waals surface area contributed by atoms with E-state index in [0.29, 0.717) is 27.9 Å². The van der Waals surface area contributed by atoms with Crippen LogP contribution in [0.4, 0.5) is 5.82 Å². The second-order valence-electron chi connectivity index (χ2n) is 7.02. The maximum atomic E-state index is 12.3. The fraction of sp³-hybridized carbons (Fsp3) is 0.136. The molecule has 0 spiro atoms. The zero-order valence-corrected chi connectivity index (χ0v) is 15.8. The Morgan fingerprint density at radius 1 is 1.11 bits per heavy atom.